The van der Waals surface area contributed by atoms with Crippen molar-refractivity contribution in [1.29, 1.82) is 0 Å². The molecular weight excluding hydrogens is 228 g/mol. The van der Waals surface area contributed by atoms with Crippen LogP contribution in [0.1, 0.15) is 18.6 Å². The second-order valence-corrected chi connectivity index (χ2v) is 3.93. The van der Waals surface area contributed by atoms with Crippen LogP contribution in [0.4, 0.5) is 0 Å². The van der Waals surface area contributed by atoms with Gasteiger partial charge in [-0.25, -0.2) is 0 Å². The van der Waals surface area contributed by atoms with Gasteiger partial charge in [0.05, 0.1) is 12.7 Å². The molecule has 0 spiro atoms. The van der Waals surface area contributed by atoms with Gasteiger partial charge < -0.3 is 20.1 Å². The summed E-state index contributed by atoms with van der Waals surface area (Å²) in [4.78, 5) is 0. The third-order valence-corrected chi connectivity index (χ3v) is 2.90. The van der Waals surface area contributed by atoms with Gasteiger partial charge in [0, 0.05) is 22.6 Å². The minimum atomic E-state index is -1.01. The Morgan fingerprint density at radius 1 is 1.62 bits per heavy atom. The molecule has 0 amide bonds. The number of nitrogens with two attached hydrogens (primary N) is 1. The Hall–Kier alpha value is -0.745. The Balaban J connectivity index is 2.52. The quantitative estimate of drug-likeness (QED) is 0.755. The van der Waals surface area contributed by atoms with Crippen molar-refractivity contribution in [3.63, 3.8) is 0 Å². The number of hydrogen-bond donors (Lipinski definition) is 2. The second-order valence-electron chi connectivity index (χ2n) is 3.52. The minimum absolute atomic E-state index is 0.277. The maximum absolute atomic E-state index is 9.80. The van der Waals surface area contributed by atoms with E-state index in [1.54, 1.807) is 12.1 Å². The van der Waals surface area contributed by atoms with E-state index in [1.165, 1.54) is 0 Å². The lowest BCUT2D eigenvalue weighted by Crippen LogP contribution is -2.30. The van der Waals surface area contributed by atoms with Gasteiger partial charge >= 0.3 is 7.12 Å². The number of benzene rings is 1. The molecule has 0 saturated carbocycles. The van der Waals surface area contributed by atoms with Crippen molar-refractivity contribution in [3.05, 3.63) is 22.7 Å². The third kappa shape index (κ3) is 1.80. The SMILES string of the molecule is CCOc1ccc(Cl)c2c1B(O)O[C@H]2CN. The van der Waals surface area contributed by atoms with Crippen LogP contribution in [0, 0.1) is 0 Å². The summed E-state index contributed by atoms with van der Waals surface area (Å²) >= 11 is 6.08. The van der Waals surface area contributed by atoms with E-state index in [0.29, 0.717) is 22.8 Å². The van der Waals surface area contributed by atoms with Gasteiger partial charge in [-0.15, -0.1) is 0 Å². The molecule has 0 bridgehead atoms. The van der Waals surface area contributed by atoms with Crippen LogP contribution < -0.4 is 15.9 Å². The minimum Gasteiger partial charge on any atom is -0.494 e. The Morgan fingerprint density at radius 2 is 2.38 bits per heavy atom. The van der Waals surface area contributed by atoms with E-state index in [9.17, 15) is 5.02 Å². The molecule has 1 aromatic carbocycles. The largest absolute Gasteiger partial charge is 0.495 e. The molecule has 1 aliphatic rings. The average Bonchev–Trinajstić information content (AvgIpc) is 2.61. The second kappa shape index (κ2) is 4.63. The average molecular weight is 241 g/mol. The van der Waals surface area contributed by atoms with Crippen LogP contribution >= 0.6 is 11.6 Å². The van der Waals surface area contributed by atoms with E-state index >= 15 is 0 Å². The first-order valence-electron chi connectivity index (χ1n) is 5.17. The third-order valence-electron chi connectivity index (χ3n) is 2.57. The maximum Gasteiger partial charge on any atom is 0.495 e. The molecule has 0 aromatic heterocycles. The summed E-state index contributed by atoms with van der Waals surface area (Å²) in [6, 6.07) is 3.46. The van der Waals surface area contributed by atoms with E-state index in [1.807, 2.05) is 6.92 Å². The Labute approximate surface area is 99.4 Å². The smallest absolute Gasteiger partial charge is 0.494 e. The molecular formula is C10H13BClNO3. The fourth-order valence-electron chi connectivity index (χ4n) is 1.92. The van der Waals surface area contributed by atoms with Crippen molar-refractivity contribution in [1.82, 2.24) is 0 Å². The molecule has 0 aliphatic carbocycles. The van der Waals surface area contributed by atoms with Crippen LogP contribution in [-0.2, 0) is 4.65 Å². The highest BCUT2D eigenvalue weighted by molar-refractivity contribution is 6.63. The molecule has 0 unspecified atom stereocenters. The summed E-state index contributed by atoms with van der Waals surface area (Å²) in [5, 5.41) is 10.3. The predicted molar refractivity (Wildman–Crippen MR) is 63.1 cm³/mol. The molecule has 1 aromatic rings. The lowest BCUT2D eigenvalue weighted by atomic mass is 9.78. The van der Waals surface area contributed by atoms with Crippen molar-refractivity contribution in [3.8, 4) is 5.75 Å². The van der Waals surface area contributed by atoms with E-state index in [-0.39, 0.29) is 12.6 Å². The fourth-order valence-corrected chi connectivity index (χ4v) is 2.20. The van der Waals surface area contributed by atoms with E-state index in [0.717, 1.165) is 5.56 Å². The molecule has 86 valence electrons. The maximum atomic E-state index is 9.80. The number of halogens is 1. The van der Waals surface area contributed by atoms with Gasteiger partial charge in [-0.2, -0.15) is 0 Å². The van der Waals surface area contributed by atoms with E-state index in [4.69, 9.17) is 26.7 Å². The van der Waals surface area contributed by atoms with Gasteiger partial charge in [-0.3, -0.25) is 0 Å². The van der Waals surface area contributed by atoms with Crippen LogP contribution in [0.25, 0.3) is 0 Å². The molecule has 1 atom stereocenters. The zero-order valence-corrected chi connectivity index (χ0v) is 9.70. The number of rotatable bonds is 3. The Bertz CT molecular complexity index is 402. The highest BCUT2D eigenvalue weighted by Gasteiger charge is 2.38. The summed E-state index contributed by atoms with van der Waals surface area (Å²) in [6.07, 6.45) is -0.363. The normalized spacial score (nSPS) is 18.8. The summed E-state index contributed by atoms with van der Waals surface area (Å²) in [6.45, 7) is 2.68. The van der Waals surface area contributed by atoms with Gasteiger partial charge in [0.1, 0.15) is 5.75 Å². The molecule has 6 heteroatoms. The number of fused-ring (bicyclic) bond motifs is 1. The fraction of sp³-hybridized carbons (Fsp3) is 0.400. The molecule has 4 nitrogen and oxygen atoms in total. The highest BCUT2D eigenvalue weighted by Crippen LogP contribution is 2.32. The molecule has 3 N–H and O–H groups in total. The van der Waals surface area contributed by atoms with Crippen LogP contribution in [0.5, 0.6) is 5.75 Å². The summed E-state index contributed by atoms with van der Waals surface area (Å²) in [7, 11) is -1.01. The molecule has 1 heterocycles. The highest BCUT2D eigenvalue weighted by atomic mass is 35.5. The first kappa shape index (κ1) is 11.7. The van der Waals surface area contributed by atoms with Crippen LogP contribution in [0.3, 0.4) is 0 Å². The van der Waals surface area contributed by atoms with Crippen LogP contribution in [-0.4, -0.2) is 25.3 Å². The van der Waals surface area contributed by atoms with Gasteiger partial charge in [0.15, 0.2) is 0 Å². The van der Waals surface area contributed by atoms with Gasteiger partial charge in [-0.1, -0.05) is 11.6 Å². The molecule has 0 radical (unpaired) electrons. The molecule has 16 heavy (non-hydrogen) atoms. The molecule has 0 saturated heterocycles. The monoisotopic (exact) mass is 241 g/mol. The molecule has 0 fully saturated rings. The number of ether oxygens (including phenoxy) is 1. The standard InChI is InChI=1S/C10H13BClNO3/c1-2-15-7-4-3-6(12)9-8(5-13)16-11(14)10(7)9/h3-4,8,14H,2,5,13H2,1H3/t8-/m0/s1. The molecule has 2 rings (SSSR count). The molecule has 1 aliphatic heterocycles. The van der Waals surface area contributed by atoms with Gasteiger partial charge in [0.2, 0.25) is 0 Å². The Kier molecular flexibility index (Phi) is 3.40. The topological polar surface area (TPSA) is 64.7 Å². The van der Waals surface area contributed by atoms with Crippen molar-refractivity contribution in [2.75, 3.05) is 13.2 Å². The van der Waals surface area contributed by atoms with E-state index < -0.39 is 7.12 Å². The summed E-state index contributed by atoms with van der Waals surface area (Å²) in [5.41, 5.74) is 6.91. The van der Waals surface area contributed by atoms with Crippen molar-refractivity contribution >= 4 is 24.2 Å². The number of hydrogen-bond acceptors (Lipinski definition) is 4. The van der Waals surface area contributed by atoms with Crippen LogP contribution in [0.2, 0.25) is 5.02 Å². The van der Waals surface area contributed by atoms with Crippen molar-refractivity contribution in [2.24, 2.45) is 5.73 Å². The van der Waals surface area contributed by atoms with Gasteiger partial charge in [-0.05, 0) is 19.1 Å². The first-order chi connectivity index (χ1) is 7.69. The van der Waals surface area contributed by atoms with Crippen molar-refractivity contribution < 1.29 is 14.4 Å². The predicted octanol–water partition coefficient (Wildman–Crippen LogP) is 0.456. The van der Waals surface area contributed by atoms with Crippen LogP contribution in [0.15, 0.2) is 12.1 Å². The zero-order chi connectivity index (χ0) is 11.7. The van der Waals surface area contributed by atoms with Crippen molar-refractivity contribution in [2.45, 2.75) is 13.0 Å². The summed E-state index contributed by atoms with van der Waals surface area (Å²) < 4.78 is 10.7. The van der Waals surface area contributed by atoms with Gasteiger partial charge in [0.25, 0.3) is 0 Å². The first-order valence-corrected chi connectivity index (χ1v) is 5.55. The lowest BCUT2D eigenvalue weighted by molar-refractivity contribution is 0.198. The lowest BCUT2D eigenvalue weighted by Gasteiger charge is -2.12. The Morgan fingerprint density at radius 3 is 3.00 bits per heavy atom. The zero-order valence-electron chi connectivity index (χ0n) is 8.94. The summed E-state index contributed by atoms with van der Waals surface area (Å²) in [5.74, 6) is 0.602. The van der Waals surface area contributed by atoms with E-state index in [2.05, 4.69) is 0 Å².